The zero-order valence-corrected chi connectivity index (χ0v) is 16.1. The van der Waals surface area contributed by atoms with Gasteiger partial charge in [-0.25, -0.2) is 0 Å². The highest BCUT2D eigenvalue weighted by Crippen LogP contribution is 2.24. The lowest BCUT2D eigenvalue weighted by Crippen LogP contribution is -2.48. The van der Waals surface area contributed by atoms with E-state index in [1.807, 2.05) is 22.4 Å². The molecular weight excluding hydrogens is 334 g/mol. The highest BCUT2D eigenvalue weighted by Gasteiger charge is 2.31. The van der Waals surface area contributed by atoms with Crippen molar-refractivity contribution in [1.29, 1.82) is 0 Å². The smallest absolute Gasteiger partial charge is 0.227 e. The van der Waals surface area contributed by atoms with Gasteiger partial charge in [-0.1, -0.05) is 6.07 Å². The number of carbonyl (C=O) groups is 1. The predicted molar refractivity (Wildman–Crippen MR) is 102 cm³/mol. The first-order chi connectivity index (χ1) is 12.1. The van der Waals surface area contributed by atoms with Gasteiger partial charge in [0.05, 0.1) is 6.42 Å². The van der Waals surface area contributed by atoms with Crippen molar-refractivity contribution in [2.24, 2.45) is 11.8 Å². The number of carbonyl (C=O) groups excluding carboxylic acids is 1. The number of likely N-dealkylation sites (N-methyl/N-ethyl adjacent to an activating group) is 1. The SMILES string of the molecule is CN1CCCN(C[C@@H]2C[C@@H](CO)CN(C(=O)Cc3cccs3)C2)CC1. The maximum Gasteiger partial charge on any atom is 0.227 e. The molecule has 5 nitrogen and oxygen atoms in total. The van der Waals surface area contributed by atoms with Crippen LogP contribution >= 0.6 is 11.3 Å². The summed E-state index contributed by atoms with van der Waals surface area (Å²) in [5.74, 6) is 0.906. The van der Waals surface area contributed by atoms with Crippen molar-refractivity contribution < 1.29 is 9.90 Å². The predicted octanol–water partition coefficient (Wildman–Crippen LogP) is 1.39. The average molecular weight is 366 g/mol. The first-order valence-corrected chi connectivity index (χ1v) is 10.3. The van der Waals surface area contributed by atoms with E-state index in [2.05, 4.69) is 16.8 Å². The molecule has 25 heavy (non-hydrogen) atoms. The molecule has 2 aliphatic heterocycles. The summed E-state index contributed by atoms with van der Waals surface area (Å²) in [4.78, 5) is 20.8. The number of nitrogens with zero attached hydrogens (tertiary/aromatic N) is 3. The van der Waals surface area contributed by atoms with Crippen LogP contribution in [0.15, 0.2) is 17.5 Å². The number of aliphatic hydroxyl groups is 1. The minimum Gasteiger partial charge on any atom is -0.396 e. The second-order valence-corrected chi connectivity index (χ2v) is 8.69. The quantitative estimate of drug-likeness (QED) is 0.857. The van der Waals surface area contributed by atoms with E-state index in [1.54, 1.807) is 11.3 Å². The number of rotatable bonds is 5. The van der Waals surface area contributed by atoms with Crippen LogP contribution in [0, 0.1) is 11.8 Å². The zero-order chi connectivity index (χ0) is 17.6. The molecule has 2 aliphatic rings. The van der Waals surface area contributed by atoms with Crippen molar-refractivity contribution in [2.75, 3.05) is 59.5 Å². The molecule has 1 N–H and O–H groups in total. The number of hydrogen-bond acceptors (Lipinski definition) is 5. The van der Waals surface area contributed by atoms with E-state index in [9.17, 15) is 9.90 Å². The monoisotopic (exact) mass is 365 g/mol. The molecule has 2 saturated heterocycles. The number of amides is 1. The van der Waals surface area contributed by atoms with Crippen molar-refractivity contribution >= 4 is 17.2 Å². The number of piperidine rings is 1. The number of likely N-dealkylation sites (tertiary alicyclic amines) is 1. The number of hydrogen-bond donors (Lipinski definition) is 1. The minimum atomic E-state index is 0.183. The minimum absolute atomic E-state index is 0.183. The van der Waals surface area contributed by atoms with Crippen LogP contribution in [-0.2, 0) is 11.2 Å². The Morgan fingerprint density at radius 1 is 1.24 bits per heavy atom. The van der Waals surface area contributed by atoms with Gasteiger partial charge in [-0.15, -0.1) is 11.3 Å². The highest BCUT2D eigenvalue weighted by atomic mass is 32.1. The second-order valence-electron chi connectivity index (χ2n) is 7.66. The van der Waals surface area contributed by atoms with Gasteiger partial charge in [-0.3, -0.25) is 4.79 Å². The molecule has 1 aromatic rings. The molecule has 140 valence electrons. The topological polar surface area (TPSA) is 47.0 Å². The highest BCUT2D eigenvalue weighted by molar-refractivity contribution is 7.10. The van der Waals surface area contributed by atoms with Gasteiger partial charge in [0.1, 0.15) is 0 Å². The molecule has 0 saturated carbocycles. The molecule has 1 aromatic heterocycles. The van der Waals surface area contributed by atoms with Gasteiger partial charge >= 0.3 is 0 Å². The maximum absolute atomic E-state index is 12.7. The van der Waals surface area contributed by atoms with Gasteiger partial charge in [0.2, 0.25) is 5.91 Å². The van der Waals surface area contributed by atoms with Crippen LogP contribution in [0.3, 0.4) is 0 Å². The first-order valence-electron chi connectivity index (χ1n) is 9.46. The summed E-state index contributed by atoms with van der Waals surface area (Å²) in [6, 6.07) is 4.03. The third kappa shape index (κ3) is 5.51. The average Bonchev–Trinajstić information content (AvgIpc) is 3.03. The fourth-order valence-electron chi connectivity index (χ4n) is 4.11. The number of aliphatic hydroxyl groups excluding tert-OH is 1. The van der Waals surface area contributed by atoms with Crippen LogP contribution in [0.1, 0.15) is 17.7 Å². The second kappa shape index (κ2) is 9.12. The summed E-state index contributed by atoms with van der Waals surface area (Å²) >= 11 is 1.64. The lowest BCUT2D eigenvalue weighted by molar-refractivity contribution is -0.134. The molecule has 0 aromatic carbocycles. The molecule has 3 heterocycles. The van der Waals surface area contributed by atoms with Crippen molar-refractivity contribution in [3.8, 4) is 0 Å². The third-order valence-corrected chi connectivity index (χ3v) is 6.35. The van der Waals surface area contributed by atoms with Crippen molar-refractivity contribution in [3.63, 3.8) is 0 Å². The summed E-state index contributed by atoms with van der Waals surface area (Å²) in [5, 5.41) is 11.7. The number of thiophene rings is 1. The molecule has 2 atom stereocenters. The molecule has 0 radical (unpaired) electrons. The van der Waals surface area contributed by atoms with E-state index in [0.29, 0.717) is 18.9 Å². The molecule has 0 bridgehead atoms. The largest absolute Gasteiger partial charge is 0.396 e. The summed E-state index contributed by atoms with van der Waals surface area (Å²) in [7, 11) is 2.19. The van der Waals surface area contributed by atoms with Gasteiger partial charge in [-0.2, -0.15) is 0 Å². The van der Waals surface area contributed by atoms with Crippen LogP contribution in [0.2, 0.25) is 0 Å². The van der Waals surface area contributed by atoms with Gasteiger partial charge < -0.3 is 19.8 Å². The van der Waals surface area contributed by atoms with Crippen LogP contribution in [-0.4, -0.2) is 85.2 Å². The zero-order valence-electron chi connectivity index (χ0n) is 15.3. The van der Waals surface area contributed by atoms with E-state index < -0.39 is 0 Å². The van der Waals surface area contributed by atoms with Crippen molar-refractivity contribution in [1.82, 2.24) is 14.7 Å². The van der Waals surface area contributed by atoms with E-state index in [4.69, 9.17) is 0 Å². The van der Waals surface area contributed by atoms with Crippen LogP contribution < -0.4 is 0 Å². The van der Waals surface area contributed by atoms with E-state index in [0.717, 1.165) is 44.0 Å². The fourth-order valence-corrected chi connectivity index (χ4v) is 4.80. The Morgan fingerprint density at radius 3 is 2.84 bits per heavy atom. The molecule has 3 rings (SSSR count). The Morgan fingerprint density at radius 2 is 2.08 bits per heavy atom. The van der Waals surface area contributed by atoms with Gasteiger partial charge in [0.25, 0.3) is 0 Å². The van der Waals surface area contributed by atoms with Crippen molar-refractivity contribution in [3.05, 3.63) is 22.4 Å². The summed E-state index contributed by atoms with van der Waals surface area (Å²) in [6.07, 6.45) is 2.75. The molecule has 1 amide bonds. The van der Waals surface area contributed by atoms with Crippen LogP contribution in [0.5, 0.6) is 0 Å². The molecular formula is C19H31N3O2S. The standard InChI is InChI=1S/C19H31N3O2S/c1-20-5-3-6-21(8-7-20)12-16-10-17(15-23)14-22(13-16)19(24)11-18-4-2-9-25-18/h2,4,9,16-17,23H,3,5-8,10-15H2,1H3/t16-,17+/m0/s1. The molecule has 2 fully saturated rings. The first kappa shape index (κ1) is 18.8. The Balaban J connectivity index is 1.57. The third-order valence-electron chi connectivity index (χ3n) is 5.47. The Bertz CT molecular complexity index is 537. The van der Waals surface area contributed by atoms with Crippen LogP contribution in [0.4, 0.5) is 0 Å². The Kier molecular flexibility index (Phi) is 6.87. The van der Waals surface area contributed by atoms with Gasteiger partial charge in [-0.05, 0) is 56.3 Å². The molecule has 0 spiro atoms. The maximum atomic E-state index is 12.7. The van der Waals surface area contributed by atoms with E-state index >= 15 is 0 Å². The lowest BCUT2D eigenvalue weighted by atomic mass is 9.89. The Labute approximate surface area is 155 Å². The van der Waals surface area contributed by atoms with Gasteiger partial charge in [0.15, 0.2) is 0 Å². The van der Waals surface area contributed by atoms with E-state index in [1.165, 1.54) is 13.0 Å². The molecule has 0 aliphatic carbocycles. The molecule has 0 unspecified atom stereocenters. The van der Waals surface area contributed by atoms with Gasteiger partial charge in [0, 0.05) is 44.2 Å². The summed E-state index contributed by atoms with van der Waals surface area (Å²) in [5.41, 5.74) is 0. The lowest BCUT2D eigenvalue weighted by Gasteiger charge is -2.39. The summed E-state index contributed by atoms with van der Waals surface area (Å²) in [6.45, 7) is 7.33. The van der Waals surface area contributed by atoms with E-state index in [-0.39, 0.29) is 18.4 Å². The van der Waals surface area contributed by atoms with Crippen LogP contribution in [0.25, 0.3) is 0 Å². The van der Waals surface area contributed by atoms with Crippen molar-refractivity contribution in [2.45, 2.75) is 19.3 Å². The molecule has 6 heteroatoms. The fraction of sp³-hybridized carbons (Fsp3) is 0.737. The normalized spacial score (nSPS) is 26.6. The summed E-state index contributed by atoms with van der Waals surface area (Å²) < 4.78 is 0. The Hall–Kier alpha value is -0.950.